The fraction of sp³-hybridized carbons (Fsp3) is 0.500. The highest BCUT2D eigenvalue weighted by atomic mass is 16.5. The van der Waals surface area contributed by atoms with Crippen LogP contribution in [0.4, 0.5) is 0 Å². The molecule has 1 fully saturated rings. The van der Waals surface area contributed by atoms with Gasteiger partial charge in [0.1, 0.15) is 12.4 Å². The largest absolute Gasteiger partial charge is 0.492 e. The second kappa shape index (κ2) is 8.36. The number of hydrogen-bond donors (Lipinski definition) is 0. The molecular formula is C20H28N4O2. The standard InChI is InChI=1S/C20H28N4O2/c1-16-14-19(21-22(16)3)20(25)24-11-7-10-23(12-13-24)17(2)15-26-18-8-5-4-6-9-18/h4-6,8-9,14,17H,7,10-13,15H2,1-3H3. The first kappa shape index (κ1) is 18.5. The Morgan fingerprint density at radius 1 is 1.19 bits per heavy atom. The molecule has 0 N–H and O–H groups in total. The topological polar surface area (TPSA) is 50.6 Å². The maximum absolute atomic E-state index is 12.7. The fourth-order valence-electron chi connectivity index (χ4n) is 3.25. The van der Waals surface area contributed by atoms with Crippen molar-refractivity contribution in [3.63, 3.8) is 0 Å². The minimum atomic E-state index is 0.0312. The molecule has 1 unspecified atom stereocenters. The molecule has 1 atom stereocenters. The van der Waals surface area contributed by atoms with Crippen LogP contribution in [0.5, 0.6) is 5.75 Å². The molecular weight excluding hydrogens is 328 g/mol. The lowest BCUT2D eigenvalue weighted by molar-refractivity contribution is 0.0748. The van der Waals surface area contributed by atoms with Crippen LogP contribution in [0, 0.1) is 6.92 Å². The molecule has 0 saturated carbocycles. The first-order valence-electron chi connectivity index (χ1n) is 9.26. The molecule has 26 heavy (non-hydrogen) atoms. The van der Waals surface area contributed by atoms with Crippen LogP contribution >= 0.6 is 0 Å². The van der Waals surface area contributed by atoms with Gasteiger partial charge in [-0.15, -0.1) is 0 Å². The molecule has 6 heteroatoms. The number of nitrogens with zero attached hydrogens (tertiary/aromatic N) is 4. The molecule has 3 rings (SSSR count). The Hall–Kier alpha value is -2.34. The summed E-state index contributed by atoms with van der Waals surface area (Å²) in [5.41, 5.74) is 1.54. The van der Waals surface area contributed by atoms with Crippen molar-refractivity contribution in [3.8, 4) is 5.75 Å². The van der Waals surface area contributed by atoms with E-state index in [2.05, 4.69) is 16.9 Å². The van der Waals surface area contributed by atoms with Crippen LogP contribution in [-0.4, -0.2) is 64.3 Å². The molecule has 140 valence electrons. The van der Waals surface area contributed by atoms with Crippen molar-refractivity contribution in [2.45, 2.75) is 26.3 Å². The van der Waals surface area contributed by atoms with Gasteiger partial charge in [-0.1, -0.05) is 18.2 Å². The number of hydrogen-bond acceptors (Lipinski definition) is 4. The molecule has 1 aromatic heterocycles. The van der Waals surface area contributed by atoms with Gasteiger partial charge < -0.3 is 9.64 Å². The van der Waals surface area contributed by atoms with E-state index in [0.29, 0.717) is 18.3 Å². The first-order valence-corrected chi connectivity index (χ1v) is 9.26. The summed E-state index contributed by atoms with van der Waals surface area (Å²) in [5, 5.41) is 4.32. The molecule has 0 radical (unpaired) electrons. The van der Waals surface area contributed by atoms with Gasteiger partial charge in [-0.3, -0.25) is 14.4 Å². The number of aryl methyl sites for hydroxylation is 2. The normalized spacial score (nSPS) is 17.0. The van der Waals surface area contributed by atoms with Crippen molar-refractivity contribution in [3.05, 3.63) is 47.8 Å². The Labute approximate surface area is 155 Å². The van der Waals surface area contributed by atoms with Gasteiger partial charge in [0.05, 0.1) is 0 Å². The smallest absolute Gasteiger partial charge is 0.274 e. The second-order valence-electron chi connectivity index (χ2n) is 6.95. The van der Waals surface area contributed by atoms with E-state index >= 15 is 0 Å². The van der Waals surface area contributed by atoms with Crippen LogP contribution in [-0.2, 0) is 7.05 Å². The summed E-state index contributed by atoms with van der Waals surface area (Å²) in [6, 6.07) is 12.1. The van der Waals surface area contributed by atoms with Gasteiger partial charge in [-0.25, -0.2) is 0 Å². The van der Waals surface area contributed by atoms with Gasteiger partial charge in [0.25, 0.3) is 5.91 Å². The number of carbonyl (C=O) groups excluding carboxylic acids is 1. The minimum absolute atomic E-state index is 0.0312. The maximum Gasteiger partial charge on any atom is 0.274 e. The zero-order valence-corrected chi connectivity index (χ0v) is 15.9. The van der Waals surface area contributed by atoms with E-state index in [1.807, 2.05) is 55.3 Å². The van der Waals surface area contributed by atoms with Crippen molar-refractivity contribution in [2.75, 3.05) is 32.8 Å². The monoisotopic (exact) mass is 356 g/mol. The third-order valence-electron chi connectivity index (χ3n) is 5.01. The fourth-order valence-corrected chi connectivity index (χ4v) is 3.25. The van der Waals surface area contributed by atoms with Crippen molar-refractivity contribution in [1.29, 1.82) is 0 Å². The predicted molar refractivity (Wildman–Crippen MR) is 101 cm³/mol. The van der Waals surface area contributed by atoms with Crippen LogP contribution in [0.3, 0.4) is 0 Å². The van der Waals surface area contributed by atoms with Crippen molar-refractivity contribution >= 4 is 5.91 Å². The van der Waals surface area contributed by atoms with E-state index in [0.717, 1.165) is 44.0 Å². The quantitative estimate of drug-likeness (QED) is 0.825. The summed E-state index contributed by atoms with van der Waals surface area (Å²) >= 11 is 0. The van der Waals surface area contributed by atoms with Gasteiger partial charge in [0.2, 0.25) is 0 Å². The van der Waals surface area contributed by atoms with Crippen LogP contribution in [0.2, 0.25) is 0 Å². The molecule has 2 aromatic rings. The van der Waals surface area contributed by atoms with E-state index in [9.17, 15) is 4.79 Å². The van der Waals surface area contributed by atoms with Crippen molar-refractivity contribution in [2.24, 2.45) is 7.05 Å². The van der Waals surface area contributed by atoms with Gasteiger partial charge in [-0.05, 0) is 38.5 Å². The lowest BCUT2D eigenvalue weighted by Gasteiger charge is -2.27. The zero-order valence-electron chi connectivity index (χ0n) is 15.9. The van der Waals surface area contributed by atoms with E-state index in [1.165, 1.54) is 0 Å². The molecule has 1 aromatic carbocycles. The van der Waals surface area contributed by atoms with Gasteiger partial charge >= 0.3 is 0 Å². The van der Waals surface area contributed by atoms with Gasteiger partial charge in [0, 0.05) is 45.0 Å². The predicted octanol–water partition coefficient (Wildman–Crippen LogP) is 2.34. The lowest BCUT2D eigenvalue weighted by Crippen LogP contribution is -2.41. The Balaban J connectivity index is 1.53. The Morgan fingerprint density at radius 2 is 1.96 bits per heavy atom. The SMILES string of the molecule is Cc1cc(C(=O)N2CCCN(C(C)COc3ccccc3)CC2)nn1C. The summed E-state index contributed by atoms with van der Waals surface area (Å²) in [5.74, 6) is 0.931. The third-order valence-corrected chi connectivity index (χ3v) is 5.01. The number of para-hydroxylation sites is 1. The summed E-state index contributed by atoms with van der Waals surface area (Å²) in [4.78, 5) is 17.0. The van der Waals surface area contributed by atoms with Crippen LogP contribution < -0.4 is 4.74 Å². The summed E-state index contributed by atoms with van der Waals surface area (Å²) in [6.07, 6.45) is 0.966. The van der Waals surface area contributed by atoms with Crippen molar-refractivity contribution < 1.29 is 9.53 Å². The second-order valence-corrected chi connectivity index (χ2v) is 6.95. The zero-order chi connectivity index (χ0) is 18.5. The summed E-state index contributed by atoms with van der Waals surface area (Å²) in [7, 11) is 1.87. The number of ether oxygens (including phenoxy) is 1. The minimum Gasteiger partial charge on any atom is -0.492 e. The highest BCUT2D eigenvalue weighted by Gasteiger charge is 2.24. The molecule has 1 aliphatic rings. The number of amides is 1. The molecule has 1 amide bonds. The average Bonchev–Trinajstić information content (AvgIpc) is 2.86. The average molecular weight is 356 g/mol. The van der Waals surface area contributed by atoms with Crippen molar-refractivity contribution in [1.82, 2.24) is 19.6 Å². The Morgan fingerprint density at radius 3 is 2.65 bits per heavy atom. The first-order chi connectivity index (χ1) is 12.5. The third kappa shape index (κ3) is 4.43. The van der Waals surface area contributed by atoms with Crippen LogP contribution in [0.15, 0.2) is 36.4 Å². The van der Waals surface area contributed by atoms with Gasteiger partial charge in [-0.2, -0.15) is 5.10 Å². The molecule has 0 aliphatic carbocycles. The molecule has 0 spiro atoms. The molecule has 2 heterocycles. The van der Waals surface area contributed by atoms with E-state index in [-0.39, 0.29) is 5.91 Å². The number of carbonyl (C=O) groups is 1. The van der Waals surface area contributed by atoms with Gasteiger partial charge in [0.15, 0.2) is 5.69 Å². The highest BCUT2D eigenvalue weighted by molar-refractivity contribution is 5.92. The highest BCUT2D eigenvalue weighted by Crippen LogP contribution is 2.13. The Kier molecular flexibility index (Phi) is 5.93. The summed E-state index contributed by atoms with van der Waals surface area (Å²) in [6.45, 7) is 8.13. The molecule has 0 bridgehead atoms. The number of rotatable bonds is 5. The van der Waals surface area contributed by atoms with E-state index < -0.39 is 0 Å². The van der Waals surface area contributed by atoms with E-state index in [1.54, 1.807) is 4.68 Å². The molecule has 1 aliphatic heterocycles. The van der Waals surface area contributed by atoms with Crippen LogP contribution in [0.25, 0.3) is 0 Å². The lowest BCUT2D eigenvalue weighted by atomic mass is 10.2. The maximum atomic E-state index is 12.7. The Bertz CT molecular complexity index is 709. The molecule has 6 nitrogen and oxygen atoms in total. The number of aromatic nitrogens is 2. The van der Waals surface area contributed by atoms with E-state index in [4.69, 9.17) is 4.74 Å². The molecule has 1 saturated heterocycles. The van der Waals surface area contributed by atoms with Crippen LogP contribution in [0.1, 0.15) is 29.5 Å². The summed E-state index contributed by atoms with van der Waals surface area (Å²) < 4.78 is 7.64. The number of benzene rings is 1.